The summed E-state index contributed by atoms with van der Waals surface area (Å²) in [5.74, 6) is 1.83. The van der Waals surface area contributed by atoms with Crippen molar-refractivity contribution in [1.29, 1.82) is 0 Å². The fourth-order valence-corrected chi connectivity index (χ4v) is 1.29. The first-order valence-corrected chi connectivity index (χ1v) is 5.41. The molecule has 0 aliphatic rings. The molecule has 0 aromatic carbocycles. The Hall–Kier alpha value is -1.63. The van der Waals surface area contributed by atoms with Gasteiger partial charge in [-0.15, -0.1) is 0 Å². The topological polar surface area (TPSA) is 84.6 Å². The van der Waals surface area contributed by atoms with Crippen molar-refractivity contribution in [2.45, 2.75) is 26.4 Å². The Morgan fingerprint density at radius 2 is 2.35 bits per heavy atom. The number of methoxy groups -OCH3 is 1. The van der Waals surface area contributed by atoms with E-state index in [-0.39, 0.29) is 6.04 Å². The SMILES string of the molecule is CN=C(NCc1nc(C)no1)NC(C)COC. The van der Waals surface area contributed by atoms with Crippen molar-refractivity contribution in [2.75, 3.05) is 20.8 Å². The van der Waals surface area contributed by atoms with E-state index < -0.39 is 0 Å². The van der Waals surface area contributed by atoms with Gasteiger partial charge in [-0.05, 0) is 13.8 Å². The summed E-state index contributed by atoms with van der Waals surface area (Å²) in [6, 6.07) is 0.177. The van der Waals surface area contributed by atoms with Gasteiger partial charge in [-0.25, -0.2) is 0 Å². The van der Waals surface area contributed by atoms with Gasteiger partial charge >= 0.3 is 0 Å². The molecule has 1 atom stereocenters. The van der Waals surface area contributed by atoms with Crippen molar-refractivity contribution in [3.8, 4) is 0 Å². The van der Waals surface area contributed by atoms with Gasteiger partial charge in [0.1, 0.15) is 0 Å². The fourth-order valence-electron chi connectivity index (χ4n) is 1.29. The van der Waals surface area contributed by atoms with Crippen LogP contribution in [0.1, 0.15) is 18.6 Å². The summed E-state index contributed by atoms with van der Waals surface area (Å²) in [6.07, 6.45) is 0. The van der Waals surface area contributed by atoms with Gasteiger partial charge in [0.15, 0.2) is 11.8 Å². The van der Waals surface area contributed by atoms with Crippen molar-refractivity contribution in [1.82, 2.24) is 20.8 Å². The van der Waals surface area contributed by atoms with Crippen molar-refractivity contribution < 1.29 is 9.26 Å². The normalized spacial score (nSPS) is 13.5. The van der Waals surface area contributed by atoms with Gasteiger partial charge in [0, 0.05) is 20.2 Å². The van der Waals surface area contributed by atoms with Gasteiger partial charge in [0.05, 0.1) is 13.2 Å². The second kappa shape index (κ2) is 6.85. The fraction of sp³-hybridized carbons (Fsp3) is 0.700. The molecule has 17 heavy (non-hydrogen) atoms. The zero-order valence-electron chi connectivity index (χ0n) is 10.6. The molecule has 2 N–H and O–H groups in total. The smallest absolute Gasteiger partial charge is 0.246 e. The maximum Gasteiger partial charge on any atom is 0.246 e. The van der Waals surface area contributed by atoms with E-state index in [1.165, 1.54) is 0 Å². The molecule has 0 spiro atoms. The van der Waals surface area contributed by atoms with Gasteiger partial charge in [-0.3, -0.25) is 4.99 Å². The molecule has 1 rings (SSSR count). The molecular weight excluding hydrogens is 222 g/mol. The quantitative estimate of drug-likeness (QED) is 0.561. The number of rotatable bonds is 5. The molecule has 7 heteroatoms. The standard InChI is InChI=1S/C10H19N5O2/c1-7(6-16-4)13-10(11-3)12-5-9-14-8(2)15-17-9/h7H,5-6H2,1-4H3,(H2,11,12,13). The maximum absolute atomic E-state index is 5.03. The van der Waals surface area contributed by atoms with Crippen LogP contribution in [-0.4, -0.2) is 42.9 Å². The monoisotopic (exact) mass is 241 g/mol. The summed E-state index contributed by atoms with van der Waals surface area (Å²) in [5.41, 5.74) is 0. The first-order chi connectivity index (χ1) is 8.15. The Bertz CT molecular complexity index is 363. The predicted molar refractivity (Wildman–Crippen MR) is 63.7 cm³/mol. The molecule has 0 bridgehead atoms. The average Bonchev–Trinajstić information content (AvgIpc) is 2.70. The average molecular weight is 241 g/mol. The molecule has 0 saturated carbocycles. The van der Waals surface area contributed by atoms with Crippen LogP contribution in [0.4, 0.5) is 0 Å². The first kappa shape index (κ1) is 13.4. The maximum atomic E-state index is 5.03. The van der Waals surface area contributed by atoms with Crippen LogP contribution in [0.5, 0.6) is 0 Å². The lowest BCUT2D eigenvalue weighted by atomic mass is 10.4. The third kappa shape index (κ3) is 4.81. The molecule has 0 radical (unpaired) electrons. The van der Waals surface area contributed by atoms with Crippen LogP contribution in [0.25, 0.3) is 0 Å². The van der Waals surface area contributed by atoms with Crippen molar-refractivity contribution >= 4 is 5.96 Å². The van der Waals surface area contributed by atoms with E-state index in [4.69, 9.17) is 9.26 Å². The molecule has 7 nitrogen and oxygen atoms in total. The summed E-state index contributed by atoms with van der Waals surface area (Å²) in [6.45, 7) is 4.84. The van der Waals surface area contributed by atoms with E-state index in [0.29, 0.717) is 30.8 Å². The van der Waals surface area contributed by atoms with Crippen molar-refractivity contribution in [3.05, 3.63) is 11.7 Å². The van der Waals surface area contributed by atoms with Crippen LogP contribution >= 0.6 is 0 Å². The number of aromatic nitrogens is 2. The van der Waals surface area contributed by atoms with E-state index in [1.807, 2.05) is 6.92 Å². The highest BCUT2D eigenvalue weighted by Gasteiger charge is 2.06. The number of aryl methyl sites for hydroxylation is 1. The Balaban J connectivity index is 2.37. The zero-order valence-corrected chi connectivity index (χ0v) is 10.6. The number of aliphatic imine (C=N–C) groups is 1. The number of guanidine groups is 1. The molecule has 0 fully saturated rings. The Morgan fingerprint density at radius 1 is 1.59 bits per heavy atom. The summed E-state index contributed by atoms with van der Waals surface area (Å²) in [4.78, 5) is 8.17. The van der Waals surface area contributed by atoms with Crippen LogP contribution in [-0.2, 0) is 11.3 Å². The number of hydrogen-bond acceptors (Lipinski definition) is 5. The number of ether oxygens (including phenoxy) is 1. The Morgan fingerprint density at radius 3 is 2.88 bits per heavy atom. The zero-order chi connectivity index (χ0) is 12.7. The summed E-state index contributed by atoms with van der Waals surface area (Å²) >= 11 is 0. The number of nitrogens with one attached hydrogen (secondary N) is 2. The second-order valence-corrected chi connectivity index (χ2v) is 3.66. The third-order valence-corrected chi connectivity index (χ3v) is 2.00. The highest BCUT2D eigenvalue weighted by molar-refractivity contribution is 5.79. The van der Waals surface area contributed by atoms with E-state index >= 15 is 0 Å². The number of hydrogen-bond donors (Lipinski definition) is 2. The van der Waals surface area contributed by atoms with E-state index in [0.717, 1.165) is 0 Å². The molecule has 96 valence electrons. The lowest BCUT2D eigenvalue weighted by molar-refractivity contribution is 0.179. The molecule has 0 aliphatic heterocycles. The Kier molecular flexibility index (Phi) is 5.41. The molecule has 1 unspecified atom stereocenters. The largest absolute Gasteiger partial charge is 0.383 e. The predicted octanol–water partition coefficient (Wildman–Crippen LogP) is 0.0779. The molecule has 0 saturated heterocycles. The molecule has 1 heterocycles. The van der Waals surface area contributed by atoms with E-state index in [2.05, 4.69) is 25.8 Å². The second-order valence-electron chi connectivity index (χ2n) is 3.66. The minimum Gasteiger partial charge on any atom is -0.383 e. The summed E-state index contributed by atoms with van der Waals surface area (Å²) in [7, 11) is 3.36. The van der Waals surface area contributed by atoms with E-state index in [9.17, 15) is 0 Å². The van der Waals surface area contributed by atoms with Crippen LogP contribution in [0.3, 0.4) is 0 Å². The van der Waals surface area contributed by atoms with Gasteiger partial charge in [0.25, 0.3) is 0 Å². The van der Waals surface area contributed by atoms with Gasteiger partial charge in [-0.2, -0.15) is 4.98 Å². The molecular formula is C10H19N5O2. The highest BCUT2D eigenvalue weighted by atomic mass is 16.5. The lowest BCUT2D eigenvalue weighted by Crippen LogP contribution is -2.43. The van der Waals surface area contributed by atoms with Crippen LogP contribution in [0, 0.1) is 6.92 Å². The van der Waals surface area contributed by atoms with Crippen LogP contribution in [0.15, 0.2) is 9.52 Å². The summed E-state index contributed by atoms with van der Waals surface area (Å²) in [5, 5.41) is 9.95. The molecule has 0 aliphatic carbocycles. The Labute approximate surface area is 101 Å². The van der Waals surface area contributed by atoms with Crippen LogP contribution < -0.4 is 10.6 Å². The number of nitrogens with zero attached hydrogens (tertiary/aromatic N) is 3. The van der Waals surface area contributed by atoms with E-state index in [1.54, 1.807) is 21.1 Å². The van der Waals surface area contributed by atoms with Crippen molar-refractivity contribution in [2.24, 2.45) is 4.99 Å². The molecule has 1 aromatic rings. The molecule has 0 amide bonds. The summed E-state index contributed by atoms with van der Waals surface area (Å²) < 4.78 is 10.0. The molecule has 1 aromatic heterocycles. The van der Waals surface area contributed by atoms with Crippen molar-refractivity contribution in [3.63, 3.8) is 0 Å². The highest BCUT2D eigenvalue weighted by Crippen LogP contribution is 1.94. The first-order valence-electron chi connectivity index (χ1n) is 5.41. The van der Waals surface area contributed by atoms with Gasteiger partial charge in [-0.1, -0.05) is 5.16 Å². The van der Waals surface area contributed by atoms with Crippen LogP contribution in [0.2, 0.25) is 0 Å². The minimum atomic E-state index is 0.177. The van der Waals surface area contributed by atoms with Gasteiger partial charge < -0.3 is 19.9 Å². The lowest BCUT2D eigenvalue weighted by Gasteiger charge is -2.16. The van der Waals surface area contributed by atoms with Gasteiger partial charge in [0.2, 0.25) is 5.89 Å². The third-order valence-electron chi connectivity index (χ3n) is 2.00. The minimum absolute atomic E-state index is 0.177.